The largest absolute Gasteiger partial charge is 0.478 e. The molecule has 4 rings (SSSR count). The Labute approximate surface area is 198 Å². The second-order valence-electron chi connectivity index (χ2n) is 8.16. The molecule has 1 aliphatic heterocycles. The number of piperazine rings is 1. The molecule has 1 amide bonds. The van der Waals surface area contributed by atoms with E-state index in [1.807, 2.05) is 6.07 Å². The SMILES string of the molecule is Cc1cccc(N2CCN(c3ccc(NC(=O)c4ccccc4Cl)c(C(=O)O)c3)CC2)c1C. The average molecular weight is 464 g/mol. The van der Waals surface area contributed by atoms with E-state index in [4.69, 9.17) is 11.6 Å². The van der Waals surface area contributed by atoms with Crippen molar-refractivity contribution in [3.8, 4) is 0 Å². The van der Waals surface area contributed by atoms with Gasteiger partial charge in [-0.25, -0.2) is 4.79 Å². The Morgan fingerprint density at radius 1 is 0.879 bits per heavy atom. The molecule has 1 heterocycles. The number of rotatable bonds is 5. The fraction of sp³-hybridized carbons (Fsp3) is 0.231. The molecule has 0 saturated carbocycles. The van der Waals surface area contributed by atoms with Crippen molar-refractivity contribution < 1.29 is 14.7 Å². The quantitative estimate of drug-likeness (QED) is 0.541. The summed E-state index contributed by atoms with van der Waals surface area (Å²) in [5.74, 6) is -1.54. The number of aromatic carboxylic acids is 1. The zero-order valence-electron chi connectivity index (χ0n) is 18.6. The highest BCUT2D eigenvalue weighted by Crippen LogP contribution is 2.28. The van der Waals surface area contributed by atoms with E-state index < -0.39 is 11.9 Å². The van der Waals surface area contributed by atoms with Crippen LogP contribution in [0.15, 0.2) is 60.7 Å². The van der Waals surface area contributed by atoms with Crippen LogP contribution in [0.2, 0.25) is 5.02 Å². The molecule has 7 heteroatoms. The first-order valence-electron chi connectivity index (χ1n) is 10.8. The predicted octanol–water partition coefficient (Wildman–Crippen LogP) is 5.23. The average Bonchev–Trinajstić information content (AvgIpc) is 2.81. The molecule has 170 valence electrons. The molecule has 0 unspecified atom stereocenters. The van der Waals surface area contributed by atoms with Gasteiger partial charge in [0, 0.05) is 37.6 Å². The van der Waals surface area contributed by atoms with Gasteiger partial charge in [0.15, 0.2) is 0 Å². The third-order valence-electron chi connectivity index (χ3n) is 6.16. The van der Waals surface area contributed by atoms with Crippen molar-refractivity contribution in [2.45, 2.75) is 13.8 Å². The molecule has 6 nitrogen and oxygen atoms in total. The molecule has 0 radical (unpaired) electrons. The molecule has 0 spiro atoms. The number of hydrogen-bond acceptors (Lipinski definition) is 4. The number of carboxylic acid groups (broad SMARTS) is 1. The van der Waals surface area contributed by atoms with E-state index >= 15 is 0 Å². The highest BCUT2D eigenvalue weighted by atomic mass is 35.5. The van der Waals surface area contributed by atoms with Crippen LogP contribution in [0.1, 0.15) is 31.8 Å². The van der Waals surface area contributed by atoms with Crippen LogP contribution >= 0.6 is 11.6 Å². The number of anilines is 3. The maximum absolute atomic E-state index is 12.6. The van der Waals surface area contributed by atoms with Crippen LogP contribution in [0.3, 0.4) is 0 Å². The normalized spacial score (nSPS) is 13.7. The standard InChI is InChI=1S/C26H26ClN3O3/c1-17-6-5-9-24(18(17)2)30-14-12-29(13-15-30)19-10-11-23(21(16-19)26(32)33)28-25(31)20-7-3-4-8-22(20)27/h3-11,16H,12-15H2,1-2H3,(H,28,31)(H,32,33). The Hall–Kier alpha value is -3.51. The third-order valence-corrected chi connectivity index (χ3v) is 6.49. The van der Waals surface area contributed by atoms with E-state index in [-0.39, 0.29) is 11.3 Å². The Morgan fingerprint density at radius 3 is 2.27 bits per heavy atom. The lowest BCUT2D eigenvalue weighted by Gasteiger charge is -2.38. The number of aryl methyl sites for hydroxylation is 1. The van der Waals surface area contributed by atoms with Crippen molar-refractivity contribution in [3.63, 3.8) is 0 Å². The van der Waals surface area contributed by atoms with Crippen molar-refractivity contribution in [1.82, 2.24) is 0 Å². The van der Waals surface area contributed by atoms with Gasteiger partial charge >= 0.3 is 5.97 Å². The van der Waals surface area contributed by atoms with Crippen LogP contribution in [0.25, 0.3) is 0 Å². The van der Waals surface area contributed by atoms with E-state index in [0.717, 1.165) is 31.9 Å². The molecule has 1 fully saturated rings. The summed E-state index contributed by atoms with van der Waals surface area (Å²) in [6.07, 6.45) is 0. The Morgan fingerprint density at radius 2 is 1.58 bits per heavy atom. The zero-order valence-corrected chi connectivity index (χ0v) is 19.4. The Bertz CT molecular complexity index is 1200. The number of carboxylic acids is 1. The Kier molecular flexibility index (Phi) is 6.56. The molecule has 0 atom stereocenters. The second kappa shape index (κ2) is 9.55. The smallest absolute Gasteiger partial charge is 0.337 e. The minimum Gasteiger partial charge on any atom is -0.478 e. The van der Waals surface area contributed by atoms with Gasteiger partial charge in [0.25, 0.3) is 5.91 Å². The number of nitrogens with one attached hydrogen (secondary N) is 1. The van der Waals surface area contributed by atoms with Crippen LogP contribution in [-0.4, -0.2) is 43.2 Å². The first-order valence-corrected chi connectivity index (χ1v) is 11.2. The van der Waals surface area contributed by atoms with Gasteiger partial charge in [-0.15, -0.1) is 0 Å². The lowest BCUT2D eigenvalue weighted by molar-refractivity contribution is 0.0698. The number of nitrogens with zero attached hydrogens (tertiary/aromatic N) is 2. The number of hydrogen-bond donors (Lipinski definition) is 2. The first kappa shape index (κ1) is 22.7. The number of halogens is 1. The van der Waals surface area contributed by atoms with E-state index in [1.54, 1.807) is 36.4 Å². The minimum atomic E-state index is -1.10. The van der Waals surface area contributed by atoms with Gasteiger partial charge < -0.3 is 20.2 Å². The topological polar surface area (TPSA) is 72.9 Å². The molecule has 0 bridgehead atoms. The van der Waals surface area contributed by atoms with Crippen molar-refractivity contribution in [3.05, 3.63) is 87.9 Å². The number of amides is 1. The molecule has 3 aromatic carbocycles. The molecule has 1 saturated heterocycles. The highest BCUT2D eigenvalue weighted by Gasteiger charge is 2.22. The lowest BCUT2D eigenvalue weighted by Crippen LogP contribution is -2.46. The number of benzene rings is 3. The first-order chi connectivity index (χ1) is 15.8. The van der Waals surface area contributed by atoms with Gasteiger partial charge in [-0.05, 0) is 61.4 Å². The molecular weight excluding hydrogens is 438 g/mol. The van der Waals surface area contributed by atoms with Crippen LogP contribution in [0.5, 0.6) is 0 Å². The number of carbonyl (C=O) groups is 2. The predicted molar refractivity (Wildman–Crippen MR) is 133 cm³/mol. The summed E-state index contributed by atoms with van der Waals surface area (Å²) >= 11 is 6.10. The Balaban J connectivity index is 1.50. The van der Waals surface area contributed by atoms with Crippen molar-refractivity contribution in [1.29, 1.82) is 0 Å². The lowest BCUT2D eigenvalue weighted by atomic mass is 10.1. The summed E-state index contributed by atoms with van der Waals surface area (Å²) in [5.41, 5.74) is 5.22. The van der Waals surface area contributed by atoms with Crippen molar-refractivity contribution in [2.75, 3.05) is 41.3 Å². The van der Waals surface area contributed by atoms with Crippen LogP contribution in [-0.2, 0) is 0 Å². The monoisotopic (exact) mass is 463 g/mol. The number of carbonyl (C=O) groups excluding carboxylic acids is 1. The van der Waals surface area contributed by atoms with E-state index in [1.165, 1.54) is 16.8 Å². The fourth-order valence-electron chi connectivity index (χ4n) is 4.13. The maximum Gasteiger partial charge on any atom is 0.337 e. The summed E-state index contributed by atoms with van der Waals surface area (Å²) in [6.45, 7) is 7.51. The molecule has 2 N–H and O–H groups in total. The second-order valence-corrected chi connectivity index (χ2v) is 8.57. The summed E-state index contributed by atoms with van der Waals surface area (Å²) < 4.78 is 0. The molecule has 3 aromatic rings. The van der Waals surface area contributed by atoms with E-state index in [0.29, 0.717) is 10.6 Å². The summed E-state index contributed by atoms with van der Waals surface area (Å²) in [6, 6.07) is 18.1. The maximum atomic E-state index is 12.6. The third kappa shape index (κ3) is 4.81. The molecular formula is C26H26ClN3O3. The fourth-order valence-corrected chi connectivity index (χ4v) is 4.36. The summed E-state index contributed by atoms with van der Waals surface area (Å²) in [7, 11) is 0. The van der Waals surface area contributed by atoms with Crippen LogP contribution < -0.4 is 15.1 Å². The van der Waals surface area contributed by atoms with Crippen molar-refractivity contribution >= 4 is 40.5 Å². The molecule has 33 heavy (non-hydrogen) atoms. The highest BCUT2D eigenvalue weighted by molar-refractivity contribution is 6.34. The van der Waals surface area contributed by atoms with Crippen molar-refractivity contribution in [2.24, 2.45) is 0 Å². The molecule has 0 aromatic heterocycles. The summed E-state index contributed by atoms with van der Waals surface area (Å²) in [4.78, 5) is 29.1. The molecule has 1 aliphatic rings. The molecule has 0 aliphatic carbocycles. The van der Waals surface area contributed by atoms with Gasteiger partial charge in [-0.1, -0.05) is 35.9 Å². The minimum absolute atomic E-state index is 0.0462. The van der Waals surface area contributed by atoms with Crippen LogP contribution in [0, 0.1) is 13.8 Å². The van der Waals surface area contributed by atoms with Gasteiger partial charge in [0.2, 0.25) is 0 Å². The van der Waals surface area contributed by atoms with Gasteiger partial charge in [-0.2, -0.15) is 0 Å². The van der Waals surface area contributed by atoms with E-state index in [9.17, 15) is 14.7 Å². The van der Waals surface area contributed by atoms with Crippen LogP contribution in [0.4, 0.5) is 17.1 Å². The van der Waals surface area contributed by atoms with E-state index in [2.05, 4.69) is 47.2 Å². The zero-order chi connectivity index (χ0) is 23.5. The van der Waals surface area contributed by atoms with Gasteiger partial charge in [-0.3, -0.25) is 4.79 Å². The van der Waals surface area contributed by atoms with Gasteiger partial charge in [0.05, 0.1) is 21.8 Å². The van der Waals surface area contributed by atoms with Gasteiger partial charge in [0.1, 0.15) is 0 Å². The summed E-state index contributed by atoms with van der Waals surface area (Å²) in [5, 5.41) is 12.8.